The topological polar surface area (TPSA) is 94.7 Å². The highest BCUT2D eigenvalue weighted by Crippen LogP contribution is 2.23. The van der Waals surface area contributed by atoms with Gasteiger partial charge in [-0.2, -0.15) is 0 Å². The number of fused-ring (bicyclic) bond motifs is 1. The van der Waals surface area contributed by atoms with Gasteiger partial charge in [-0.1, -0.05) is 30.3 Å². The number of nitrogens with one attached hydrogen (secondary N) is 2. The van der Waals surface area contributed by atoms with E-state index >= 15 is 0 Å². The maximum Gasteiger partial charge on any atom is 0.314 e. The van der Waals surface area contributed by atoms with Crippen LogP contribution in [0.3, 0.4) is 0 Å². The minimum absolute atomic E-state index is 0.114. The van der Waals surface area contributed by atoms with Gasteiger partial charge in [0.15, 0.2) is 0 Å². The third-order valence-electron chi connectivity index (χ3n) is 5.16. The molecule has 8 heteroatoms. The predicted octanol–water partition coefficient (Wildman–Crippen LogP) is 2.10. The monoisotopic (exact) mass is 406 g/mol. The number of rotatable bonds is 3. The van der Waals surface area contributed by atoms with Crippen molar-refractivity contribution in [2.45, 2.75) is 0 Å². The second kappa shape index (κ2) is 8.28. The lowest BCUT2D eigenvalue weighted by Gasteiger charge is -2.34. The minimum Gasteiger partial charge on any atom is -0.495 e. The van der Waals surface area contributed by atoms with Crippen molar-refractivity contribution < 1.29 is 19.1 Å². The molecule has 1 fully saturated rings. The second-order valence-electron chi connectivity index (χ2n) is 7.01. The Balaban J connectivity index is 1.36. The summed E-state index contributed by atoms with van der Waals surface area (Å²) in [7, 11) is 1.50. The van der Waals surface area contributed by atoms with Gasteiger partial charge in [-0.05, 0) is 24.3 Å². The predicted molar refractivity (Wildman–Crippen MR) is 112 cm³/mol. The fourth-order valence-corrected chi connectivity index (χ4v) is 3.54. The lowest BCUT2D eigenvalue weighted by atomic mass is 10.2. The number of nitrogens with zero attached hydrogens (tertiary/aromatic N) is 2. The van der Waals surface area contributed by atoms with Crippen LogP contribution in [0.25, 0.3) is 10.9 Å². The summed E-state index contributed by atoms with van der Waals surface area (Å²) < 4.78 is 5.19. The summed E-state index contributed by atoms with van der Waals surface area (Å²) in [5.74, 6) is -0.988. The third kappa shape index (κ3) is 3.84. The summed E-state index contributed by atoms with van der Waals surface area (Å²) in [5, 5.41) is 3.57. The Morgan fingerprint density at radius 2 is 1.60 bits per heavy atom. The zero-order valence-corrected chi connectivity index (χ0v) is 16.6. The number of anilines is 1. The van der Waals surface area contributed by atoms with Gasteiger partial charge in [-0.25, -0.2) is 0 Å². The normalized spacial score (nSPS) is 13.9. The van der Waals surface area contributed by atoms with Gasteiger partial charge in [0.25, 0.3) is 5.91 Å². The number of H-pyrrole nitrogens is 1. The van der Waals surface area contributed by atoms with Crippen LogP contribution >= 0.6 is 0 Å². The number of methoxy groups -OCH3 is 1. The molecule has 2 aromatic carbocycles. The Kier molecular flexibility index (Phi) is 5.38. The molecule has 0 unspecified atom stereocenters. The van der Waals surface area contributed by atoms with E-state index in [1.54, 1.807) is 29.2 Å². The van der Waals surface area contributed by atoms with E-state index in [0.717, 1.165) is 10.9 Å². The van der Waals surface area contributed by atoms with Crippen LogP contribution in [-0.4, -0.2) is 65.8 Å². The van der Waals surface area contributed by atoms with Gasteiger partial charge < -0.3 is 24.8 Å². The van der Waals surface area contributed by atoms with E-state index in [9.17, 15) is 14.4 Å². The Morgan fingerprint density at radius 3 is 2.33 bits per heavy atom. The molecule has 1 aromatic heterocycles. The molecule has 0 saturated carbocycles. The number of aromatic amines is 1. The molecule has 0 bridgehead atoms. The number of para-hydroxylation sites is 3. The van der Waals surface area contributed by atoms with E-state index < -0.39 is 11.8 Å². The molecule has 3 amide bonds. The average Bonchev–Trinajstić information content (AvgIpc) is 3.23. The number of carbonyl (C=O) groups is 3. The van der Waals surface area contributed by atoms with Gasteiger partial charge in [0.05, 0.1) is 12.8 Å². The minimum atomic E-state index is -0.727. The molecule has 8 nitrogen and oxygen atoms in total. The molecule has 0 aliphatic carbocycles. The Morgan fingerprint density at radius 1 is 0.933 bits per heavy atom. The zero-order chi connectivity index (χ0) is 21.1. The van der Waals surface area contributed by atoms with Crippen molar-refractivity contribution in [3.8, 4) is 5.75 Å². The molecule has 1 aliphatic heterocycles. The second-order valence-corrected chi connectivity index (χ2v) is 7.01. The highest BCUT2D eigenvalue weighted by Gasteiger charge is 2.29. The van der Waals surface area contributed by atoms with Crippen LogP contribution in [0, 0.1) is 0 Å². The van der Waals surface area contributed by atoms with Crippen molar-refractivity contribution >= 4 is 34.3 Å². The molecule has 2 N–H and O–H groups in total. The number of hydrogen-bond donors (Lipinski definition) is 2. The first-order valence-electron chi connectivity index (χ1n) is 9.67. The summed E-state index contributed by atoms with van der Waals surface area (Å²) in [6.07, 6.45) is 0. The molecule has 154 valence electrons. The number of benzene rings is 2. The van der Waals surface area contributed by atoms with E-state index in [2.05, 4.69) is 10.3 Å². The maximum atomic E-state index is 12.8. The number of piperazine rings is 1. The number of hydrogen-bond acceptors (Lipinski definition) is 4. The number of carbonyl (C=O) groups excluding carboxylic acids is 3. The molecule has 4 rings (SSSR count). The molecular formula is C22H22N4O4. The van der Waals surface area contributed by atoms with E-state index in [4.69, 9.17) is 4.74 Å². The molecule has 30 heavy (non-hydrogen) atoms. The van der Waals surface area contributed by atoms with Crippen molar-refractivity contribution in [3.63, 3.8) is 0 Å². The first kappa shape index (κ1) is 19.5. The Labute approximate surface area is 173 Å². The molecule has 0 spiro atoms. The van der Waals surface area contributed by atoms with Crippen LogP contribution in [-0.2, 0) is 9.59 Å². The van der Waals surface area contributed by atoms with Crippen molar-refractivity contribution in [1.82, 2.24) is 14.8 Å². The van der Waals surface area contributed by atoms with Crippen LogP contribution in [0.15, 0.2) is 54.6 Å². The Hall–Kier alpha value is -3.81. The van der Waals surface area contributed by atoms with Gasteiger partial charge in [0.1, 0.15) is 11.4 Å². The van der Waals surface area contributed by atoms with E-state index in [0.29, 0.717) is 43.3 Å². The first-order chi connectivity index (χ1) is 14.6. The largest absolute Gasteiger partial charge is 0.495 e. The fourth-order valence-electron chi connectivity index (χ4n) is 3.54. The lowest BCUT2D eigenvalue weighted by Crippen LogP contribution is -2.53. The quantitative estimate of drug-likeness (QED) is 0.652. The van der Waals surface area contributed by atoms with Crippen LogP contribution in [0.5, 0.6) is 5.75 Å². The maximum absolute atomic E-state index is 12.8. The van der Waals surface area contributed by atoms with Gasteiger partial charge in [0, 0.05) is 37.1 Å². The van der Waals surface area contributed by atoms with Crippen molar-refractivity contribution in [3.05, 3.63) is 60.3 Å². The van der Waals surface area contributed by atoms with Crippen LogP contribution in [0.1, 0.15) is 10.5 Å². The molecule has 1 saturated heterocycles. The summed E-state index contributed by atoms with van der Waals surface area (Å²) in [6, 6.07) is 16.4. The summed E-state index contributed by atoms with van der Waals surface area (Å²) in [6.45, 7) is 1.32. The molecule has 2 heterocycles. The molecular weight excluding hydrogens is 384 g/mol. The van der Waals surface area contributed by atoms with Gasteiger partial charge in [0.2, 0.25) is 0 Å². The van der Waals surface area contributed by atoms with Crippen molar-refractivity contribution in [2.75, 3.05) is 38.6 Å². The third-order valence-corrected chi connectivity index (χ3v) is 5.16. The van der Waals surface area contributed by atoms with E-state index in [1.807, 2.05) is 30.3 Å². The highest BCUT2D eigenvalue weighted by molar-refractivity contribution is 6.39. The first-order valence-corrected chi connectivity index (χ1v) is 9.67. The van der Waals surface area contributed by atoms with Crippen LogP contribution in [0.4, 0.5) is 5.69 Å². The van der Waals surface area contributed by atoms with E-state index in [-0.39, 0.29) is 5.91 Å². The zero-order valence-electron chi connectivity index (χ0n) is 16.6. The van der Waals surface area contributed by atoms with Crippen molar-refractivity contribution in [1.29, 1.82) is 0 Å². The summed E-state index contributed by atoms with van der Waals surface area (Å²) >= 11 is 0. The lowest BCUT2D eigenvalue weighted by molar-refractivity contribution is -0.144. The van der Waals surface area contributed by atoms with Gasteiger partial charge in [-0.15, -0.1) is 0 Å². The van der Waals surface area contributed by atoms with Gasteiger partial charge >= 0.3 is 11.8 Å². The van der Waals surface area contributed by atoms with E-state index in [1.165, 1.54) is 12.0 Å². The number of ether oxygens (including phenoxy) is 1. The number of amides is 3. The molecule has 3 aromatic rings. The average molecular weight is 406 g/mol. The van der Waals surface area contributed by atoms with Crippen LogP contribution in [0.2, 0.25) is 0 Å². The summed E-state index contributed by atoms with van der Waals surface area (Å²) in [5.41, 5.74) is 1.86. The standard InChI is InChI=1S/C22H22N4O4/c1-30-19-9-5-4-8-17(19)24-20(27)22(29)26-12-10-25(11-13-26)21(28)18-14-15-6-2-3-7-16(15)23-18/h2-9,14,23H,10-13H2,1H3,(H,24,27). The van der Waals surface area contributed by atoms with Crippen LogP contribution < -0.4 is 10.1 Å². The fraction of sp³-hybridized carbons (Fsp3) is 0.227. The number of aromatic nitrogens is 1. The Bertz CT molecular complexity index is 1070. The SMILES string of the molecule is COc1ccccc1NC(=O)C(=O)N1CCN(C(=O)c2cc3ccccc3[nH]2)CC1. The smallest absolute Gasteiger partial charge is 0.314 e. The van der Waals surface area contributed by atoms with Gasteiger partial charge in [-0.3, -0.25) is 14.4 Å². The highest BCUT2D eigenvalue weighted by atomic mass is 16.5. The molecule has 1 aliphatic rings. The molecule has 0 atom stereocenters. The summed E-state index contributed by atoms with van der Waals surface area (Å²) in [4.78, 5) is 44.0. The molecule has 0 radical (unpaired) electrons. The van der Waals surface area contributed by atoms with Crippen molar-refractivity contribution in [2.24, 2.45) is 0 Å².